The summed E-state index contributed by atoms with van der Waals surface area (Å²) in [6.45, 7) is 0.476. The van der Waals surface area contributed by atoms with Gasteiger partial charge in [-0.05, 0) is 12.1 Å². The van der Waals surface area contributed by atoms with Crippen molar-refractivity contribution in [1.82, 2.24) is 4.98 Å². The maximum atomic E-state index is 5.34. The number of nitrogens with zero attached hydrogens (tertiary/aromatic N) is 1. The van der Waals surface area contributed by atoms with Gasteiger partial charge in [-0.25, -0.2) is 0 Å². The third-order valence-electron chi connectivity index (χ3n) is 1.24. The largest absolute Gasteiger partial charge is 0.495 e. The first kappa shape index (κ1) is 14.0. The van der Waals surface area contributed by atoms with Gasteiger partial charge < -0.3 is 10.5 Å². The molecule has 0 spiro atoms. The Morgan fingerprint density at radius 2 is 2.08 bits per heavy atom. The quantitative estimate of drug-likeness (QED) is 0.804. The van der Waals surface area contributed by atoms with Crippen LogP contribution in [0.1, 0.15) is 5.69 Å². The normalized spacial score (nSPS) is 7.83. The Hall–Kier alpha value is -0.510. The van der Waals surface area contributed by atoms with Crippen molar-refractivity contribution in [3.8, 4) is 5.75 Å². The maximum Gasteiger partial charge on any atom is 0.137 e. The molecule has 0 saturated heterocycles. The van der Waals surface area contributed by atoms with Gasteiger partial charge in [-0.15, -0.1) is 24.8 Å². The third kappa shape index (κ3) is 3.76. The van der Waals surface area contributed by atoms with Crippen molar-refractivity contribution >= 4 is 24.8 Å². The topological polar surface area (TPSA) is 48.1 Å². The molecule has 0 fully saturated rings. The second-order valence-corrected chi connectivity index (χ2v) is 1.89. The van der Waals surface area contributed by atoms with E-state index in [2.05, 4.69) is 4.98 Å². The average Bonchev–Trinajstić information content (AvgIpc) is 2.05. The van der Waals surface area contributed by atoms with Crippen molar-refractivity contribution in [3.63, 3.8) is 0 Å². The summed E-state index contributed by atoms with van der Waals surface area (Å²) in [5, 5.41) is 0. The molecule has 0 radical (unpaired) electrons. The van der Waals surface area contributed by atoms with Crippen LogP contribution in [-0.2, 0) is 6.54 Å². The molecule has 5 heteroatoms. The fourth-order valence-electron chi connectivity index (χ4n) is 0.652. The molecule has 1 heterocycles. The molecule has 0 aromatic carbocycles. The van der Waals surface area contributed by atoms with E-state index in [1.54, 1.807) is 13.3 Å². The van der Waals surface area contributed by atoms with Gasteiger partial charge in [0.2, 0.25) is 0 Å². The minimum Gasteiger partial charge on any atom is -0.495 e. The molecule has 0 unspecified atom stereocenters. The summed E-state index contributed by atoms with van der Waals surface area (Å²) < 4.78 is 4.91. The van der Waals surface area contributed by atoms with E-state index in [-0.39, 0.29) is 24.8 Å². The Bertz CT molecular complexity index is 180. The highest BCUT2D eigenvalue weighted by atomic mass is 35.5. The lowest BCUT2D eigenvalue weighted by molar-refractivity contribution is 0.412. The van der Waals surface area contributed by atoms with E-state index in [1.165, 1.54) is 0 Å². The van der Waals surface area contributed by atoms with Crippen molar-refractivity contribution in [2.24, 2.45) is 5.73 Å². The molecule has 1 aromatic heterocycles. The van der Waals surface area contributed by atoms with Gasteiger partial charge in [0.05, 0.1) is 19.0 Å². The van der Waals surface area contributed by atoms with Crippen molar-refractivity contribution in [3.05, 3.63) is 24.0 Å². The lowest BCUT2D eigenvalue weighted by atomic mass is 10.3. The predicted octanol–water partition coefficient (Wildman–Crippen LogP) is 1.39. The van der Waals surface area contributed by atoms with Crippen LogP contribution < -0.4 is 10.5 Å². The Morgan fingerprint density at radius 1 is 1.42 bits per heavy atom. The molecule has 12 heavy (non-hydrogen) atoms. The van der Waals surface area contributed by atoms with Crippen LogP contribution in [0.3, 0.4) is 0 Å². The maximum absolute atomic E-state index is 5.34. The lowest BCUT2D eigenvalue weighted by Crippen LogP contribution is -1.98. The molecule has 0 aliphatic carbocycles. The second-order valence-electron chi connectivity index (χ2n) is 1.89. The fourth-order valence-corrected chi connectivity index (χ4v) is 0.652. The van der Waals surface area contributed by atoms with E-state index in [1.807, 2.05) is 12.1 Å². The van der Waals surface area contributed by atoms with Crippen LogP contribution in [0.4, 0.5) is 0 Å². The van der Waals surface area contributed by atoms with E-state index in [4.69, 9.17) is 10.5 Å². The number of ether oxygens (including phenoxy) is 1. The van der Waals surface area contributed by atoms with Crippen LogP contribution in [0, 0.1) is 0 Å². The van der Waals surface area contributed by atoms with Crippen LogP contribution in [0.5, 0.6) is 5.75 Å². The molecule has 2 N–H and O–H groups in total. The van der Waals surface area contributed by atoms with Gasteiger partial charge in [0.25, 0.3) is 0 Å². The average molecular weight is 211 g/mol. The Morgan fingerprint density at radius 3 is 2.42 bits per heavy atom. The highest BCUT2D eigenvalue weighted by Crippen LogP contribution is 2.06. The molecule has 0 aliphatic heterocycles. The summed E-state index contributed by atoms with van der Waals surface area (Å²) in [5.41, 5.74) is 6.21. The summed E-state index contributed by atoms with van der Waals surface area (Å²) in [7, 11) is 1.61. The van der Waals surface area contributed by atoms with Crippen molar-refractivity contribution in [2.75, 3.05) is 7.11 Å². The monoisotopic (exact) mass is 210 g/mol. The van der Waals surface area contributed by atoms with Crippen LogP contribution >= 0.6 is 24.8 Å². The first-order chi connectivity index (χ1) is 4.86. The molecule has 0 bridgehead atoms. The van der Waals surface area contributed by atoms with Gasteiger partial charge in [-0.2, -0.15) is 0 Å². The molecular formula is C7H12Cl2N2O. The zero-order valence-corrected chi connectivity index (χ0v) is 8.32. The zero-order chi connectivity index (χ0) is 7.40. The zero-order valence-electron chi connectivity index (χ0n) is 6.69. The highest BCUT2D eigenvalue weighted by Gasteiger charge is 1.90. The van der Waals surface area contributed by atoms with Crippen LogP contribution in [-0.4, -0.2) is 12.1 Å². The minimum atomic E-state index is 0. The number of hydrogen-bond donors (Lipinski definition) is 1. The molecular weight excluding hydrogens is 199 g/mol. The van der Waals surface area contributed by atoms with E-state index >= 15 is 0 Å². The van der Waals surface area contributed by atoms with Crippen molar-refractivity contribution < 1.29 is 4.74 Å². The Kier molecular flexibility index (Phi) is 8.37. The van der Waals surface area contributed by atoms with E-state index < -0.39 is 0 Å². The number of aromatic nitrogens is 1. The van der Waals surface area contributed by atoms with Crippen molar-refractivity contribution in [1.29, 1.82) is 0 Å². The molecule has 0 aliphatic rings. The van der Waals surface area contributed by atoms with Gasteiger partial charge in [-0.1, -0.05) is 0 Å². The summed E-state index contributed by atoms with van der Waals surface area (Å²) in [6.07, 6.45) is 1.65. The van der Waals surface area contributed by atoms with E-state index in [0.29, 0.717) is 6.54 Å². The standard InChI is InChI=1S/C7H10N2O.2ClH/c1-10-7-3-2-6(4-8)9-5-7;;/h2-3,5H,4,8H2,1H3;2*1H. The summed E-state index contributed by atoms with van der Waals surface area (Å²) in [5.74, 6) is 0.761. The number of methoxy groups -OCH3 is 1. The predicted molar refractivity (Wildman–Crippen MR) is 53.2 cm³/mol. The fraction of sp³-hybridized carbons (Fsp3) is 0.286. The summed E-state index contributed by atoms with van der Waals surface area (Å²) >= 11 is 0. The van der Waals surface area contributed by atoms with E-state index in [9.17, 15) is 0 Å². The van der Waals surface area contributed by atoms with Gasteiger partial charge in [0.1, 0.15) is 5.75 Å². The summed E-state index contributed by atoms with van der Waals surface area (Å²) in [6, 6.07) is 3.69. The number of rotatable bonds is 2. The Balaban J connectivity index is 0. The number of halogens is 2. The molecule has 1 rings (SSSR count). The first-order valence-corrected chi connectivity index (χ1v) is 3.06. The second kappa shape index (κ2) is 7.16. The summed E-state index contributed by atoms with van der Waals surface area (Å²) in [4.78, 5) is 4.02. The first-order valence-electron chi connectivity index (χ1n) is 3.06. The highest BCUT2D eigenvalue weighted by molar-refractivity contribution is 5.85. The van der Waals surface area contributed by atoms with Gasteiger partial charge in [-0.3, -0.25) is 4.98 Å². The number of nitrogens with two attached hydrogens (primary N) is 1. The van der Waals surface area contributed by atoms with Crippen LogP contribution in [0.15, 0.2) is 18.3 Å². The lowest BCUT2D eigenvalue weighted by Gasteiger charge is -1.98. The molecule has 3 nitrogen and oxygen atoms in total. The SMILES string of the molecule is COc1ccc(CN)nc1.Cl.Cl. The molecule has 0 saturated carbocycles. The Labute approximate surface area is 84.1 Å². The third-order valence-corrected chi connectivity index (χ3v) is 1.24. The van der Waals surface area contributed by atoms with Gasteiger partial charge >= 0.3 is 0 Å². The molecule has 1 aromatic rings. The molecule has 0 amide bonds. The van der Waals surface area contributed by atoms with Crippen LogP contribution in [0.2, 0.25) is 0 Å². The van der Waals surface area contributed by atoms with Crippen molar-refractivity contribution in [2.45, 2.75) is 6.54 Å². The van der Waals surface area contributed by atoms with Crippen LogP contribution in [0.25, 0.3) is 0 Å². The molecule has 0 atom stereocenters. The number of pyridine rings is 1. The van der Waals surface area contributed by atoms with E-state index in [0.717, 1.165) is 11.4 Å². The number of hydrogen-bond acceptors (Lipinski definition) is 3. The smallest absolute Gasteiger partial charge is 0.137 e. The molecule has 70 valence electrons. The van der Waals surface area contributed by atoms with Gasteiger partial charge in [0, 0.05) is 6.54 Å². The minimum absolute atomic E-state index is 0. The van der Waals surface area contributed by atoms with Gasteiger partial charge in [0.15, 0.2) is 0 Å².